The van der Waals surface area contributed by atoms with Crippen molar-refractivity contribution in [3.63, 3.8) is 0 Å². The van der Waals surface area contributed by atoms with Crippen LogP contribution in [0.1, 0.15) is 12.8 Å². The summed E-state index contributed by atoms with van der Waals surface area (Å²) in [7, 11) is 0. The molecule has 4 atom stereocenters. The quantitative estimate of drug-likeness (QED) is 0.756. The summed E-state index contributed by atoms with van der Waals surface area (Å²) in [4.78, 5) is 20.4. The van der Waals surface area contributed by atoms with E-state index in [0.717, 1.165) is 12.8 Å². The summed E-state index contributed by atoms with van der Waals surface area (Å²) in [5.41, 5.74) is 0. The van der Waals surface area contributed by atoms with Gasteiger partial charge in [0.1, 0.15) is 0 Å². The topological polar surface area (TPSA) is 74.6 Å². The predicted molar refractivity (Wildman–Crippen MR) is 56.9 cm³/mol. The third kappa shape index (κ3) is 3.57. The van der Waals surface area contributed by atoms with E-state index >= 15 is 0 Å². The third-order valence-corrected chi connectivity index (χ3v) is 4.08. The number of carboxylic acid groups (broad SMARTS) is 2. The van der Waals surface area contributed by atoms with Crippen molar-refractivity contribution in [3.05, 3.63) is 0 Å². The number of hydrogen-bond acceptors (Lipinski definition) is 2. The molecule has 0 aromatic rings. The van der Waals surface area contributed by atoms with Crippen LogP contribution in [0.2, 0.25) is 0 Å². The Morgan fingerprint density at radius 3 is 1.14 bits per heavy atom. The van der Waals surface area contributed by atoms with Crippen LogP contribution in [-0.4, -0.2) is 31.8 Å². The zero-order valence-electron chi connectivity index (χ0n) is 7.19. The Kier molecular flexibility index (Phi) is 3.94. The summed E-state index contributed by atoms with van der Waals surface area (Å²) >= 11 is 6.34. The maximum Gasteiger partial charge on any atom is 0.307 e. The molecule has 2 fully saturated rings. The first-order valence-electron chi connectivity index (χ1n) is 4.17. The number of carboxylic acids is 2. The summed E-state index contributed by atoms with van der Waals surface area (Å²) in [5, 5.41) is 16.4. The second-order valence-corrected chi connectivity index (χ2v) is 5.75. The van der Waals surface area contributed by atoms with Crippen molar-refractivity contribution in [1.29, 1.82) is 0 Å². The molecule has 0 bridgehead atoms. The van der Waals surface area contributed by atoms with Crippen molar-refractivity contribution in [2.45, 2.75) is 22.5 Å². The van der Waals surface area contributed by atoms with Gasteiger partial charge in [-0.05, 0) is 12.8 Å². The fraction of sp³-hybridized carbons (Fsp3) is 0.750. The molecule has 0 radical (unpaired) electrons. The molecule has 14 heavy (non-hydrogen) atoms. The number of halogens is 2. The molecule has 2 N–H and O–H groups in total. The highest BCUT2D eigenvalue weighted by atomic mass is 79.9. The van der Waals surface area contributed by atoms with Gasteiger partial charge >= 0.3 is 11.9 Å². The van der Waals surface area contributed by atoms with Crippen LogP contribution in [0.3, 0.4) is 0 Å². The molecule has 0 amide bonds. The van der Waals surface area contributed by atoms with Gasteiger partial charge < -0.3 is 10.2 Å². The minimum Gasteiger partial charge on any atom is -0.481 e. The highest BCUT2D eigenvalue weighted by Crippen LogP contribution is 2.37. The van der Waals surface area contributed by atoms with Crippen LogP contribution in [-0.2, 0) is 9.59 Å². The van der Waals surface area contributed by atoms with E-state index in [0.29, 0.717) is 0 Å². The van der Waals surface area contributed by atoms with Gasteiger partial charge in [-0.1, -0.05) is 31.9 Å². The molecule has 2 rings (SSSR count). The summed E-state index contributed by atoms with van der Waals surface area (Å²) in [6.07, 6.45) is 1.60. The molecular formula is C8H10Br2O4. The maximum atomic E-state index is 9.94. The lowest BCUT2D eigenvalue weighted by atomic mass is 10.5. The number of alkyl halides is 2. The molecule has 4 nitrogen and oxygen atoms in total. The molecule has 2 saturated carbocycles. The zero-order chi connectivity index (χ0) is 10.9. The lowest BCUT2D eigenvalue weighted by Gasteiger charge is -1.78. The maximum absolute atomic E-state index is 9.94. The molecule has 0 saturated heterocycles. The highest BCUT2D eigenvalue weighted by Gasteiger charge is 2.41. The molecule has 0 heterocycles. The number of rotatable bonds is 2. The predicted octanol–water partition coefficient (Wildman–Crippen LogP) is 1.71. The summed E-state index contributed by atoms with van der Waals surface area (Å²) in [6, 6.07) is 0. The Hall–Kier alpha value is -0.100. The first-order valence-corrected chi connectivity index (χ1v) is 6.00. The Morgan fingerprint density at radius 1 is 0.929 bits per heavy atom. The van der Waals surface area contributed by atoms with E-state index in [1.165, 1.54) is 0 Å². The van der Waals surface area contributed by atoms with Crippen molar-refractivity contribution in [3.8, 4) is 0 Å². The Labute approximate surface area is 97.9 Å². The zero-order valence-corrected chi connectivity index (χ0v) is 10.4. The van der Waals surface area contributed by atoms with E-state index in [9.17, 15) is 9.59 Å². The molecule has 6 heteroatoms. The molecular weight excluding hydrogens is 320 g/mol. The van der Waals surface area contributed by atoms with Crippen molar-refractivity contribution < 1.29 is 19.8 Å². The van der Waals surface area contributed by atoms with E-state index in [2.05, 4.69) is 31.9 Å². The summed E-state index contributed by atoms with van der Waals surface area (Å²) in [6.45, 7) is 0. The van der Waals surface area contributed by atoms with E-state index in [1.807, 2.05) is 0 Å². The number of hydrogen-bond donors (Lipinski definition) is 2. The molecule has 2 aliphatic rings. The molecule has 0 aromatic carbocycles. The van der Waals surface area contributed by atoms with Crippen LogP contribution in [0.5, 0.6) is 0 Å². The fourth-order valence-electron chi connectivity index (χ4n) is 0.839. The van der Waals surface area contributed by atoms with E-state index < -0.39 is 11.9 Å². The molecule has 80 valence electrons. The smallest absolute Gasteiger partial charge is 0.307 e. The van der Waals surface area contributed by atoms with Crippen LogP contribution in [0, 0.1) is 11.8 Å². The molecule has 4 unspecified atom stereocenters. The lowest BCUT2D eigenvalue weighted by Crippen LogP contribution is -1.97. The second-order valence-electron chi connectivity index (χ2n) is 3.39. The third-order valence-electron chi connectivity index (χ3n) is 2.06. The monoisotopic (exact) mass is 328 g/mol. The number of aliphatic carboxylic acids is 2. The van der Waals surface area contributed by atoms with Crippen molar-refractivity contribution in [2.75, 3.05) is 0 Å². The van der Waals surface area contributed by atoms with E-state index in [-0.39, 0.29) is 21.5 Å². The largest absolute Gasteiger partial charge is 0.481 e. The first-order chi connectivity index (χ1) is 6.43. The fourth-order valence-corrected chi connectivity index (χ4v) is 2.10. The van der Waals surface area contributed by atoms with Gasteiger partial charge in [0.25, 0.3) is 0 Å². The second kappa shape index (κ2) is 4.61. The lowest BCUT2D eigenvalue weighted by molar-refractivity contribution is -0.139. The van der Waals surface area contributed by atoms with Gasteiger partial charge in [0, 0.05) is 9.65 Å². The van der Waals surface area contributed by atoms with Gasteiger partial charge in [-0.2, -0.15) is 0 Å². The van der Waals surface area contributed by atoms with E-state index in [4.69, 9.17) is 10.2 Å². The molecule has 2 aliphatic carbocycles. The van der Waals surface area contributed by atoms with Crippen LogP contribution in [0.15, 0.2) is 0 Å². The molecule has 0 aliphatic heterocycles. The van der Waals surface area contributed by atoms with Gasteiger partial charge in [0.15, 0.2) is 0 Å². The van der Waals surface area contributed by atoms with Crippen molar-refractivity contribution in [2.24, 2.45) is 11.8 Å². The average molecular weight is 330 g/mol. The van der Waals surface area contributed by atoms with Crippen LogP contribution < -0.4 is 0 Å². The summed E-state index contributed by atoms with van der Waals surface area (Å²) in [5.74, 6) is -1.55. The normalized spacial score (nSPS) is 37.9. The van der Waals surface area contributed by atoms with Gasteiger partial charge in [-0.15, -0.1) is 0 Å². The van der Waals surface area contributed by atoms with Crippen LogP contribution >= 0.6 is 31.9 Å². The Bertz CT molecular complexity index is 230. The van der Waals surface area contributed by atoms with Gasteiger partial charge in [-0.3, -0.25) is 9.59 Å². The van der Waals surface area contributed by atoms with Gasteiger partial charge in [-0.25, -0.2) is 0 Å². The average Bonchev–Trinajstić information content (AvgIpc) is 2.90. The van der Waals surface area contributed by atoms with Crippen molar-refractivity contribution in [1.82, 2.24) is 0 Å². The number of carbonyl (C=O) groups is 2. The minimum absolute atomic E-state index is 0.0972. The van der Waals surface area contributed by atoms with Gasteiger partial charge in [0.2, 0.25) is 0 Å². The Balaban J connectivity index is 0.000000140. The van der Waals surface area contributed by atoms with Crippen LogP contribution in [0.25, 0.3) is 0 Å². The van der Waals surface area contributed by atoms with Gasteiger partial charge in [0.05, 0.1) is 11.8 Å². The standard InChI is InChI=1S/2C4H5BrO2/c2*5-3-1-2(3)4(6)7/h2*2-3H,1H2,(H,6,7). The Morgan fingerprint density at radius 2 is 1.14 bits per heavy atom. The van der Waals surface area contributed by atoms with E-state index in [1.54, 1.807) is 0 Å². The first kappa shape index (κ1) is 12.0. The minimum atomic E-state index is -0.679. The molecule has 0 spiro atoms. The van der Waals surface area contributed by atoms with Crippen LogP contribution in [0.4, 0.5) is 0 Å². The summed E-state index contributed by atoms with van der Waals surface area (Å²) < 4.78 is 0. The highest BCUT2D eigenvalue weighted by molar-refractivity contribution is 9.10. The van der Waals surface area contributed by atoms with Crippen molar-refractivity contribution >= 4 is 43.8 Å². The molecule has 0 aromatic heterocycles. The SMILES string of the molecule is O=C(O)C1CC1Br.O=C(O)C1CC1Br.